The summed E-state index contributed by atoms with van der Waals surface area (Å²) in [4.78, 5) is 28.5. The summed E-state index contributed by atoms with van der Waals surface area (Å²) >= 11 is 0. The molecule has 0 saturated heterocycles. The van der Waals surface area contributed by atoms with Gasteiger partial charge in [-0.25, -0.2) is 4.68 Å². The number of aromatic nitrogens is 4. The molecule has 29 heavy (non-hydrogen) atoms. The molecule has 0 saturated carbocycles. The lowest BCUT2D eigenvalue weighted by molar-refractivity contribution is 0.0748. The number of amides is 1. The number of carbonyl (C=O) groups excluding carboxylic acids is 1. The molecule has 0 aliphatic carbocycles. The van der Waals surface area contributed by atoms with Gasteiger partial charge in [-0.3, -0.25) is 9.59 Å². The van der Waals surface area contributed by atoms with Crippen LogP contribution in [0.15, 0.2) is 71.9 Å². The van der Waals surface area contributed by atoms with Crippen molar-refractivity contribution in [3.8, 4) is 11.5 Å². The monoisotopic (exact) mass is 385 g/mol. The molecule has 0 spiro atoms. The number of hydrogen-bond acceptors (Lipinski definition) is 3. The highest BCUT2D eigenvalue weighted by Gasteiger charge is 2.32. The first-order chi connectivity index (χ1) is 14.1. The van der Waals surface area contributed by atoms with Crippen LogP contribution in [0.25, 0.3) is 11.5 Å². The number of H-pyrrole nitrogens is 1. The van der Waals surface area contributed by atoms with E-state index in [1.54, 1.807) is 11.0 Å². The Hall–Kier alpha value is -3.87. The summed E-state index contributed by atoms with van der Waals surface area (Å²) in [5, 5.41) is 4.86. The van der Waals surface area contributed by atoms with Gasteiger partial charge in [-0.15, -0.1) is 0 Å². The normalized spacial score (nSPS) is 12.9. The molecule has 7 nitrogen and oxygen atoms in total. The Kier molecular flexibility index (Phi) is 3.94. The SMILES string of the molecule is Cc1ccccc1-n1nc2c(c1-n1cccc1)CN(C(=O)c1ccc(=O)[nH]c1)C2. The number of para-hydroxylation sites is 1. The van der Waals surface area contributed by atoms with Crippen molar-refractivity contribution in [3.63, 3.8) is 0 Å². The maximum absolute atomic E-state index is 12.9. The van der Waals surface area contributed by atoms with Crippen LogP contribution in [0.2, 0.25) is 0 Å². The van der Waals surface area contributed by atoms with Gasteiger partial charge in [0.25, 0.3) is 5.91 Å². The minimum absolute atomic E-state index is 0.125. The Labute approximate surface area is 166 Å². The Balaban J connectivity index is 1.56. The number of aromatic amines is 1. The number of rotatable bonds is 3. The van der Waals surface area contributed by atoms with E-state index in [1.165, 1.54) is 12.3 Å². The Bertz CT molecular complexity index is 1250. The van der Waals surface area contributed by atoms with Gasteiger partial charge in [-0.05, 0) is 36.8 Å². The van der Waals surface area contributed by atoms with Crippen molar-refractivity contribution in [1.29, 1.82) is 0 Å². The second kappa shape index (κ2) is 6.63. The van der Waals surface area contributed by atoms with E-state index >= 15 is 0 Å². The third-order valence-corrected chi connectivity index (χ3v) is 5.24. The third-order valence-electron chi connectivity index (χ3n) is 5.24. The number of nitrogens with zero attached hydrogens (tertiary/aromatic N) is 4. The zero-order valence-electron chi connectivity index (χ0n) is 15.9. The number of nitrogens with one attached hydrogen (secondary N) is 1. The first kappa shape index (κ1) is 17.2. The van der Waals surface area contributed by atoms with E-state index in [9.17, 15) is 9.59 Å². The van der Waals surface area contributed by atoms with Crippen LogP contribution >= 0.6 is 0 Å². The summed E-state index contributed by atoms with van der Waals surface area (Å²) in [5.41, 5.74) is 4.30. The maximum Gasteiger partial charge on any atom is 0.255 e. The predicted molar refractivity (Wildman–Crippen MR) is 108 cm³/mol. The largest absolute Gasteiger partial charge is 0.328 e. The standard InChI is InChI=1S/C22H19N5O2/c1-15-6-2-3-7-19(15)27-21(25-10-4-5-11-25)17-13-26(14-18(17)24-27)22(29)16-8-9-20(28)23-12-16/h2-12H,13-14H2,1H3,(H,23,28). The van der Waals surface area contributed by atoms with Crippen molar-refractivity contribution < 1.29 is 4.79 Å². The van der Waals surface area contributed by atoms with Gasteiger partial charge in [0.2, 0.25) is 5.56 Å². The van der Waals surface area contributed by atoms with E-state index in [-0.39, 0.29) is 11.5 Å². The summed E-state index contributed by atoms with van der Waals surface area (Å²) in [5.74, 6) is 0.816. The molecule has 1 N–H and O–H groups in total. The molecule has 0 unspecified atom stereocenters. The average molecular weight is 385 g/mol. The smallest absolute Gasteiger partial charge is 0.255 e. The number of fused-ring (bicyclic) bond motifs is 1. The molecule has 0 fully saturated rings. The first-order valence-electron chi connectivity index (χ1n) is 9.40. The molecule has 144 valence electrons. The highest BCUT2D eigenvalue weighted by Crippen LogP contribution is 2.31. The fraction of sp³-hybridized carbons (Fsp3) is 0.136. The molecule has 1 amide bonds. The Morgan fingerprint density at radius 2 is 1.83 bits per heavy atom. The lowest BCUT2D eigenvalue weighted by atomic mass is 10.2. The fourth-order valence-corrected chi connectivity index (χ4v) is 3.78. The summed E-state index contributed by atoms with van der Waals surface area (Å²) in [6.45, 7) is 2.96. The van der Waals surface area contributed by atoms with E-state index in [1.807, 2.05) is 52.0 Å². The molecule has 5 rings (SSSR count). The number of pyridine rings is 1. The van der Waals surface area contributed by atoms with Crippen LogP contribution in [0.4, 0.5) is 0 Å². The Morgan fingerprint density at radius 1 is 1.03 bits per heavy atom. The van der Waals surface area contributed by atoms with Gasteiger partial charge in [0.1, 0.15) is 5.82 Å². The zero-order valence-corrected chi connectivity index (χ0v) is 15.9. The van der Waals surface area contributed by atoms with E-state index in [4.69, 9.17) is 5.10 Å². The van der Waals surface area contributed by atoms with Crippen molar-refractivity contribution in [2.45, 2.75) is 20.0 Å². The second-order valence-electron chi connectivity index (χ2n) is 7.14. The zero-order chi connectivity index (χ0) is 20.0. The van der Waals surface area contributed by atoms with Crippen LogP contribution < -0.4 is 5.56 Å². The molecule has 4 aromatic rings. The van der Waals surface area contributed by atoms with E-state index in [0.29, 0.717) is 18.7 Å². The average Bonchev–Trinajstić information content (AvgIpc) is 3.44. The van der Waals surface area contributed by atoms with Crippen molar-refractivity contribution in [1.82, 2.24) is 24.2 Å². The summed E-state index contributed by atoms with van der Waals surface area (Å²) < 4.78 is 3.99. The van der Waals surface area contributed by atoms with Gasteiger partial charge < -0.3 is 14.5 Å². The highest BCUT2D eigenvalue weighted by atomic mass is 16.2. The lowest BCUT2D eigenvalue weighted by Crippen LogP contribution is -2.27. The van der Waals surface area contributed by atoms with Crippen LogP contribution in [0.5, 0.6) is 0 Å². The molecule has 0 radical (unpaired) electrons. The van der Waals surface area contributed by atoms with Crippen molar-refractivity contribution >= 4 is 5.91 Å². The molecule has 1 aliphatic heterocycles. The number of aryl methyl sites for hydroxylation is 1. The molecule has 0 atom stereocenters. The highest BCUT2D eigenvalue weighted by molar-refractivity contribution is 5.94. The molecule has 0 bridgehead atoms. The minimum Gasteiger partial charge on any atom is -0.328 e. The van der Waals surface area contributed by atoms with Crippen LogP contribution in [0.3, 0.4) is 0 Å². The second-order valence-corrected chi connectivity index (χ2v) is 7.14. The van der Waals surface area contributed by atoms with Gasteiger partial charge in [0, 0.05) is 30.2 Å². The van der Waals surface area contributed by atoms with Crippen molar-refractivity contribution in [2.75, 3.05) is 0 Å². The number of hydrogen-bond donors (Lipinski definition) is 1. The van der Waals surface area contributed by atoms with Gasteiger partial charge in [-0.2, -0.15) is 5.10 Å². The van der Waals surface area contributed by atoms with Gasteiger partial charge in [-0.1, -0.05) is 18.2 Å². The molecular weight excluding hydrogens is 366 g/mol. The fourth-order valence-electron chi connectivity index (χ4n) is 3.78. The maximum atomic E-state index is 12.9. The summed E-state index contributed by atoms with van der Waals surface area (Å²) in [6.07, 6.45) is 5.43. The van der Waals surface area contributed by atoms with Gasteiger partial charge in [0.15, 0.2) is 0 Å². The van der Waals surface area contributed by atoms with E-state index in [2.05, 4.69) is 18.0 Å². The van der Waals surface area contributed by atoms with Crippen LogP contribution in [-0.2, 0) is 13.1 Å². The summed E-state index contributed by atoms with van der Waals surface area (Å²) in [7, 11) is 0. The molecular formula is C22H19N5O2. The van der Waals surface area contributed by atoms with Gasteiger partial charge >= 0.3 is 0 Å². The molecule has 3 aromatic heterocycles. The van der Waals surface area contributed by atoms with Crippen LogP contribution in [0.1, 0.15) is 27.2 Å². The number of benzene rings is 1. The molecule has 7 heteroatoms. The van der Waals surface area contributed by atoms with Crippen LogP contribution in [0, 0.1) is 6.92 Å². The quantitative estimate of drug-likeness (QED) is 0.589. The van der Waals surface area contributed by atoms with E-state index < -0.39 is 0 Å². The number of carbonyl (C=O) groups is 1. The van der Waals surface area contributed by atoms with Crippen molar-refractivity contribution in [3.05, 3.63) is 99.9 Å². The van der Waals surface area contributed by atoms with E-state index in [0.717, 1.165) is 28.3 Å². The summed E-state index contributed by atoms with van der Waals surface area (Å²) in [6, 6.07) is 15.0. The Morgan fingerprint density at radius 3 is 2.55 bits per heavy atom. The lowest BCUT2D eigenvalue weighted by Gasteiger charge is -2.18. The minimum atomic E-state index is -0.226. The third kappa shape index (κ3) is 2.87. The topological polar surface area (TPSA) is 75.9 Å². The molecule has 1 aliphatic rings. The predicted octanol–water partition coefficient (Wildman–Crippen LogP) is 2.82. The molecule has 4 heterocycles. The van der Waals surface area contributed by atoms with Gasteiger partial charge in [0.05, 0.1) is 30.0 Å². The van der Waals surface area contributed by atoms with Crippen LogP contribution in [-0.4, -0.2) is 30.1 Å². The first-order valence-corrected chi connectivity index (χ1v) is 9.40. The van der Waals surface area contributed by atoms with Crippen molar-refractivity contribution in [2.24, 2.45) is 0 Å². The molecule has 1 aromatic carbocycles.